The third-order valence-corrected chi connectivity index (χ3v) is 5.02. The van der Waals surface area contributed by atoms with E-state index >= 15 is 0 Å². The Morgan fingerprint density at radius 1 is 1.05 bits per heavy atom. The van der Waals surface area contributed by atoms with Crippen molar-refractivity contribution >= 4 is 0 Å². The lowest BCUT2D eigenvalue weighted by atomic mass is 9.80. The fourth-order valence-electron chi connectivity index (χ4n) is 3.76. The zero-order chi connectivity index (χ0) is 15.4. The van der Waals surface area contributed by atoms with Gasteiger partial charge in [0.15, 0.2) is 0 Å². The van der Waals surface area contributed by atoms with Gasteiger partial charge in [0.25, 0.3) is 0 Å². The Bertz CT molecular complexity index is 230. The second-order valence-corrected chi connectivity index (χ2v) is 5.75. The number of allylic oxidation sites excluding steroid dienone is 1. The summed E-state index contributed by atoms with van der Waals surface area (Å²) in [7, 11) is 2.14. The molecule has 120 valence electrons. The first-order valence-electron chi connectivity index (χ1n) is 8.69. The molecule has 0 aliphatic rings. The highest BCUT2D eigenvalue weighted by atomic mass is 15.2. The standard InChI is InChI=1S/C18H38N2/c1-7-12-13-14-15-16-17(19-6)18(8-2,9-3)20(10-4)11-5/h7,17,19H,1,8-16H2,2-6H3. The molecule has 1 unspecified atom stereocenters. The van der Waals surface area contributed by atoms with Gasteiger partial charge in [-0.3, -0.25) is 4.90 Å². The summed E-state index contributed by atoms with van der Waals surface area (Å²) in [6, 6.07) is 0.598. The number of hydrogen-bond acceptors (Lipinski definition) is 2. The van der Waals surface area contributed by atoms with Crippen LogP contribution in [0.3, 0.4) is 0 Å². The van der Waals surface area contributed by atoms with Crippen LogP contribution in [-0.2, 0) is 0 Å². The zero-order valence-electron chi connectivity index (χ0n) is 14.7. The van der Waals surface area contributed by atoms with Gasteiger partial charge >= 0.3 is 0 Å². The Balaban J connectivity index is 4.69. The molecule has 20 heavy (non-hydrogen) atoms. The van der Waals surface area contributed by atoms with Crippen molar-refractivity contribution in [3.8, 4) is 0 Å². The molecule has 0 amide bonds. The van der Waals surface area contributed by atoms with Crippen molar-refractivity contribution in [3.05, 3.63) is 12.7 Å². The van der Waals surface area contributed by atoms with E-state index in [0.29, 0.717) is 11.6 Å². The van der Waals surface area contributed by atoms with Gasteiger partial charge in [-0.2, -0.15) is 0 Å². The van der Waals surface area contributed by atoms with E-state index in [-0.39, 0.29) is 0 Å². The van der Waals surface area contributed by atoms with Gasteiger partial charge < -0.3 is 5.32 Å². The van der Waals surface area contributed by atoms with E-state index in [1.54, 1.807) is 0 Å². The maximum atomic E-state index is 3.80. The van der Waals surface area contributed by atoms with E-state index in [9.17, 15) is 0 Å². The second-order valence-electron chi connectivity index (χ2n) is 5.75. The summed E-state index contributed by atoms with van der Waals surface area (Å²) in [4.78, 5) is 2.66. The summed E-state index contributed by atoms with van der Waals surface area (Å²) in [6.07, 6.45) is 10.9. The minimum Gasteiger partial charge on any atom is -0.315 e. The monoisotopic (exact) mass is 282 g/mol. The van der Waals surface area contributed by atoms with Crippen LogP contribution >= 0.6 is 0 Å². The van der Waals surface area contributed by atoms with E-state index in [0.717, 1.165) is 19.5 Å². The summed E-state index contributed by atoms with van der Waals surface area (Å²) in [5.74, 6) is 0. The molecule has 0 aliphatic carbocycles. The van der Waals surface area contributed by atoms with Crippen molar-refractivity contribution in [1.29, 1.82) is 0 Å². The average Bonchev–Trinajstić information content (AvgIpc) is 2.49. The maximum absolute atomic E-state index is 3.80. The summed E-state index contributed by atoms with van der Waals surface area (Å²) in [6.45, 7) is 15.4. The van der Waals surface area contributed by atoms with Crippen LogP contribution in [0.15, 0.2) is 12.7 Å². The van der Waals surface area contributed by atoms with Crippen LogP contribution in [0.5, 0.6) is 0 Å². The van der Waals surface area contributed by atoms with Gasteiger partial charge in [0.05, 0.1) is 0 Å². The Hall–Kier alpha value is -0.340. The summed E-state index contributed by atoms with van der Waals surface area (Å²) in [5.41, 5.74) is 0.316. The Morgan fingerprint density at radius 2 is 1.65 bits per heavy atom. The SMILES string of the molecule is C=CCCCCCC(NC)C(CC)(CC)N(CC)CC. The lowest BCUT2D eigenvalue weighted by Crippen LogP contribution is -2.60. The number of hydrogen-bond donors (Lipinski definition) is 1. The first-order chi connectivity index (χ1) is 9.66. The quantitative estimate of drug-likeness (QED) is 0.392. The molecule has 0 radical (unpaired) electrons. The summed E-state index contributed by atoms with van der Waals surface area (Å²) in [5, 5.41) is 3.62. The van der Waals surface area contributed by atoms with Gasteiger partial charge in [-0.25, -0.2) is 0 Å². The molecule has 2 nitrogen and oxygen atoms in total. The second kappa shape index (κ2) is 11.3. The molecule has 0 saturated heterocycles. The molecule has 0 spiro atoms. The predicted molar refractivity (Wildman–Crippen MR) is 92.4 cm³/mol. The smallest absolute Gasteiger partial charge is 0.0356 e. The number of nitrogens with one attached hydrogen (secondary N) is 1. The van der Waals surface area contributed by atoms with Crippen LogP contribution < -0.4 is 5.32 Å². The van der Waals surface area contributed by atoms with Gasteiger partial charge in [-0.1, -0.05) is 46.6 Å². The van der Waals surface area contributed by atoms with Crippen molar-refractivity contribution in [3.63, 3.8) is 0 Å². The topological polar surface area (TPSA) is 15.3 Å². The van der Waals surface area contributed by atoms with Crippen LogP contribution in [-0.4, -0.2) is 36.6 Å². The van der Waals surface area contributed by atoms with Gasteiger partial charge in [0.2, 0.25) is 0 Å². The number of likely N-dealkylation sites (N-methyl/N-ethyl adjacent to an activating group) is 2. The lowest BCUT2D eigenvalue weighted by Gasteiger charge is -2.48. The van der Waals surface area contributed by atoms with Gasteiger partial charge in [0.1, 0.15) is 0 Å². The molecule has 2 heteroatoms. The first-order valence-corrected chi connectivity index (χ1v) is 8.69. The average molecular weight is 283 g/mol. The predicted octanol–water partition coefficient (Wildman–Crippen LogP) is 4.61. The number of rotatable bonds is 13. The molecule has 1 N–H and O–H groups in total. The molecule has 0 aromatic heterocycles. The first kappa shape index (κ1) is 19.7. The van der Waals surface area contributed by atoms with E-state index in [1.165, 1.54) is 38.5 Å². The van der Waals surface area contributed by atoms with Crippen LogP contribution in [0, 0.1) is 0 Å². The van der Waals surface area contributed by atoms with Crippen molar-refractivity contribution in [2.45, 2.75) is 84.2 Å². The molecule has 0 rings (SSSR count). The summed E-state index contributed by atoms with van der Waals surface area (Å²) >= 11 is 0. The maximum Gasteiger partial charge on any atom is 0.0356 e. The number of unbranched alkanes of at least 4 members (excludes halogenated alkanes) is 3. The third-order valence-electron chi connectivity index (χ3n) is 5.02. The minimum absolute atomic E-state index is 0.316. The summed E-state index contributed by atoms with van der Waals surface area (Å²) < 4.78 is 0. The molecular formula is C18H38N2. The molecule has 0 saturated carbocycles. The fraction of sp³-hybridized carbons (Fsp3) is 0.889. The van der Waals surface area contributed by atoms with Gasteiger partial charge in [-0.05, 0) is 52.2 Å². The molecule has 0 heterocycles. The Kier molecular flexibility index (Phi) is 11.1. The molecule has 1 atom stereocenters. The highest BCUT2D eigenvalue weighted by Crippen LogP contribution is 2.30. The van der Waals surface area contributed by atoms with E-state index < -0.39 is 0 Å². The molecule has 0 aromatic rings. The van der Waals surface area contributed by atoms with Crippen LogP contribution in [0.4, 0.5) is 0 Å². The van der Waals surface area contributed by atoms with Crippen LogP contribution in [0.1, 0.15) is 72.6 Å². The van der Waals surface area contributed by atoms with Gasteiger partial charge in [-0.15, -0.1) is 6.58 Å². The Morgan fingerprint density at radius 3 is 2.05 bits per heavy atom. The highest BCUT2D eigenvalue weighted by molar-refractivity contribution is 4.98. The molecule has 0 fully saturated rings. The minimum atomic E-state index is 0.316. The van der Waals surface area contributed by atoms with Crippen LogP contribution in [0.25, 0.3) is 0 Å². The Labute approximate surface area is 128 Å². The normalized spacial score (nSPS) is 13.7. The van der Waals surface area contributed by atoms with Crippen molar-refractivity contribution in [1.82, 2.24) is 10.2 Å². The third kappa shape index (κ3) is 5.21. The number of nitrogens with zero attached hydrogens (tertiary/aromatic N) is 1. The van der Waals surface area contributed by atoms with E-state index in [2.05, 4.69) is 51.5 Å². The van der Waals surface area contributed by atoms with Crippen molar-refractivity contribution in [2.24, 2.45) is 0 Å². The molecule has 0 aliphatic heterocycles. The van der Waals surface area contributed by atoms with E-state index in [1.807, 2.05) is 6.08 Å². The van der Waals surface area contributed by atoms with Crippen LogP contribution in [0.2, 0.25) is 0 Å². The van der Waals surface area contributed by atoms with Crippen molar-refractivity contribution in [2.75, 3.05) is 20.1 Å². The molecule has 0 bridgehead atoms. The molecule has 0 aromatic carbocycles. The highest BCUT2D eigenvalue weighted by Gasteiger charge is 2.38. The largest absolute Gasteiger partial charge is 0.315 e. The fourth-order valence-corrected chi connectivity index (χ4v) is 3.76. The van der Waals surface area contributed by atoms with Gasteiger partial charge in [0, 0.05) is 11.6 Å². The van der Waals surface area contributed by atoms with Crippen molar-refractivity contribution < 1.29 is 0 Å². The van der Waals surface area contributed by atoms with E-state index in [4.69, 9.17) is 0 Å². The lowest BCUT2D eigenvalue weighted by molar-refractivity contribution is 0.0479. The zero-order valence-corrected chi connectivity index (χ0v) is 14.7. The molecular weight excluding hydrogens is 244 g/mol.